The van der Waals surface area contributed by atoms with Crippen LogP contribution in [0.15, 0.2) is 48.9 Å². The Balaban J connectivity index is 1.47. The summed E-state index contributed by atoms with van der Waals surface area (Å²) in [5.74, 6) is 0.163. The molecule has 1 unspecified atom stereocenters. The minimum absolute atomic E-state index is 0.0198. The number of benzene rings is 1. The Morgan fingerprint density at radius 3 is 2.54 bits per heavy atom. The molecule has 1 saturated carbocycles. The second-order valence-electron chi connectivity index (χ2n) is 12.2. The lowest BCUT2D eigenvalue weighted by Gasteiger charge is -2.49. The van der Waals surface area contributed by atoms with E-state index in [1.165, 1.54) is 18.6 Å². The Kier molecular flexibility index (Phi) is 8.96. The molecule has 1 aliphatic heterocycles. The highest BCUT2D eigenvalue weighted by molar-refractivity contribution is 6.47. The third-order valence-corrected chi connectivity index (χ3v) is 8.48. The number of rotatable bonds is 9. The van der Waals surface area contributed by atoms with Crippen LogP contribution < -0.4 is 16.0 Å². The van der Waals surface area contributed by atoms with Crippen molar-refractivity contribution in [3.05, 3.63) is 54.5 Å². The van der Waals surface area contributed by atoms with Gasteiger partial charge in [-0.2, -0.15) is 0 Å². The van der Waals surface area contributed by atoms with Crippen LogP contribution >= 0.6 is 0 Å². The summed E-state index contributed by atoms with van der Waals surface area (Å²) >= 11 is 0. The summed E-state index contributed by atoms with van der Waals surface area (Å²) in [6.07, 6.45) is 7.46. The molecule has 0 radical (unpaired) electrons. The van der Waals surface area contributed by atoms with E-state index in [0.29, 0.717) is 30.5 Å². The van der Waals surface area contributed by atoms with Crippen molar-refractivity contribution in [3.8, 4) is 0 Å². The van der Waals surface area contributed by atoms with Crippen molar-refractivity contribution in [1.29, 1.82) is 0 Å². The number of aromatic nitrogens is 2. The largest absolute Gasteiger partial charge is 0.481 e. The third-order valence-electron chi connectivity index (χ3n) is 8.48. The van der Waals surface area contributed by atoms with Crippen molar-refractivity contribution in [2.45, 2.75) is 90.9 Å². The first-order chi connectivity index (χ1) is 18.5. The first kappa shape index (κ1) is 29.0. The van der Waals surface area contributed by atoms with Crippen LogP contribution in [-0.4, -0.2) is 52.7 Å². The van der Waals surface area contributed by atoms with Crippen molar-refractivity contribution in [2.24, 2.45) is 17.3 Å². The molecule has 5 atom stereocenters. The smallest absolute Gasteiger partial charge is 0.404 e. The first-order valence-corrected chi connectivity index (χ1v) is 14.0. The summed E-state index contributed by atoms with van der Waals surface area (Å²) < 4.78 is 13.1. The second kappa shape index (κ2) is 12.0. The molecule has 2 fully saturated rings. The molecular formula is C29H42BN5O4. The lowest BCUT2D eigenvalue weighted by atomic mass is 9.61. The van der Waals surface area contributed by atoms with Crippen LogP contribution in [0.2, 0.25) is 0 Å². The molecule has 1 aromatic heterocycles. The van der Waals surface area contributed by atoms with Gasteiger partial charge in [0.25, 0.3) is 0 Å². The normalized spacial score (nSPS) is 25.5. The molecule has 0 bridgehead atoms. The van der Waals surface area contributed by atoms with Crippen molar-refractivity contribution in [2.75, 3.05) is 5.32 Å². The molecular weight excluding hydrogens is 493 g/mol. The fourth-order valence-corrected chi connectivity index (χ4v) is 5.81. The van der Waals surface area contributed by atoms with Crippen LogP contribution in [0.1, 0.15) is 66.4 Å². The Morgan fingerprint density at radius 2 is 1.87 bits per heavy atom. The molecule has 10 heteroatoms. The van der Waals surface area contributed by atoms with Gasteiger partial charge < -0.3 is 25.3 Å². The maximum Gasteiger partial charge on any atom is 0.481 e. The zero-order chi connectivity index (χ0) is 28.2. The summed E-state index contributed by atoms with van der Waals surface area (Å²) in [5, 5.41) is 8.72. The summed E-state index contributed by atoms with van der Waals surface area (Å²) in [7, 11) is -0.564. The quantitative estimate of drug-likeness (QED) is 0.410. The van der Waals surface area contributed by atoms with E-state index in [-0.39, 0.29) is 23.4 Å². The predicted molar refractivity (Wildman–Crippen MR) is 152 cm³/mol. The molecule has 2 heterocycles. The number of anilines is 1. The standard InChI is InChI=1S/C29H42BN5O4/c1-19(2)16-24(30-38-23-12-13-28(4,5)20(3)29(23,6)39-30)34-27(37)33-22(17-21-10-8-7-9-11-21)26(36)35-25-18-31-14-15-32-25/h7-11,14-15,18-20,22-24H,12-13,16-17H2,1-6H3,(H,32,35,36)(H2,33,34,37)/t20-,22+,23?,24+,29-/m1/s1. The van der Waals surface area contributed by atoms with Crippen molar-refractivity contribution in [1.82, 2.24) is 20.6 Å². The monoisotopic (exact) mass is 535 g/mol. The average molecular weight is 535 g/mol. The van der Waals surface area contributed by atoms with Crippen LogP contribution in [0.4, 0.5) is 10.6 Å². The van der Waals surface area contributed by atoms with Crippen LogP contribution in [0.3, 0.4) is 0 Å². The SMILES string of the molecule is CC(C)C[C@H](NC(=O)N[C@@H](Cc1ccccc1)C(=O)Nc1cnccn1)B1OC2CCC(C)(C)[C@@H](C)[C@@]2(C)O1. The highest BCUT2D eigenvalue weighted by atomic mass is 16.7. The number of hydrogen-bond acceptors (Lipinski definition) is 6. The zero-order valence-electron chi connectivity index (χ0n) is 23.9. The Bertz CT molecular complexity index is 1120. The molecule has 1 aliphatic carbocycles. The summed E-state index contributed by atoms with van der Waals surface area (Å²) in [6.45, 7) is 13.2. The number of carbonyl (C=O) groups is 2. The number of nitrogens with one attached hydrogen (secondary N) is 3. The molecule has 0 spiro atoms. The second-order valence-corrected chi connectivity index (χ2v) is 12.2. The van der Waals surface area contributed by atoms with Crippen molar-refractivity contribution >= 4 is 24.9 Å². The highest BCUT2D eigenvalue weighted by Gasteiger charge is 2.59. The fourth-order valence-electron chi connectivity index (χ4n) is 5.81. The number of amides is 3. The van der Waals surface area contributed by atoms with E-state index in [2.05, 4.69) is 67.5 Å². The fraction of sp³-hybridized carbons (Fsp3) is 0.586. The Morgan fingerprint density at radius 1 is 1.13 bits per heavy atom. The average Bonchev–Trinajstić information content (AvgIpc) is 3.25. The van der Waals surface area contributed by atoms with Crippen LogP contribution in [0, 0.1) is 17.3 Å². The van der Waals surface area contributed by atoms with Crippen LogP contribution in [0.5, 0.6) is 0 Å². The molecule has 1 saturated heterocycles. The lowest BCUT2D eigenvalue weighted by Crippen LogP contribution is -2.56. The van der Waals surface area contributed by atoms with Gasteiger partial charge in [0.05, 0.1) is 23.8 Å². The Hall–Kier alpha value is -2.98. The number of fused-ring (bicyclic) bond motifs is 1. The molecule has 3 amide bonds. The van der Waals surface area contributed by atoms with Crippen molar-refractivity contribution < 1.29 is 18.9 Å². The van der Waals surface area contributed by atoms with Gasteiger partial charge in [0.1, 0.15) is 6.04 Å². The van der Waals surface area contributed by atoms with Crippen molar-refractivity contribution in [3.63, 3.8) is 0 Å². The summed E-state index contributed by atoms with van der Waals surface area (Å²) in [4.78, 5) is 34.7. The van der Waals surface area contributed by atoms with E-state index in [1.807, 2.05) is 30.3 Å². The molecule has 4 rings (SSSR count). The van der Waals surface area contributed by atoms with Gasteiger partial charge in [-0.15, -0.1) is 0 Å². The van der Waals surface area contributed by atoms with Gasteiger partial charge in [-0.1, -0.05) is 65.0 Å². The molecule has 2 aliphatic rings. The van der Waals surface area contributed by atoms with Gasteiger partial charge in [0.2, 0.25) is 5.91 Å². The minimum atomic E-state index is -0.833. The van der Waals surface area contributed by atoms with E-state index in [9.17, 15) is 9.59 Å². The number of hydrogen-bond donors (Lipinski definition) is 3. The van der Waals surface area contributed by atoms with Gasteiger partial charge in [0, 0.05) is 18.8 Å². The van der Waals surface area contributed by atoms with Crippen LogP contribution in [-0.2, 0) is 20.5 Å². The topological polar surface area (TPSA) is 114 Å². The van der Waals surface area contributed by atoms with E-state index in [0.717, 1.165) is 18.4 Å². The third kappa shape index (κ3) is 6.97. The van der Waals surface area contributed by atoms with Gasteiger partial charge >= 0.3 is 13.1 Å². The summed E-state index contributed by atoms with van der Waals surface area (Å²) in [5.41, 5.74) is 0.641. The molecule has 2 aromatic rings. The van der Waals surface area contributed by atoms with Gasteiger partial charge in [-0.3, -0.25) is 9.78 Å². The maximum atomic E-state index is 13.4. The highest BCUT2D eigenvalue weighted by Crippen LogP contribution is 2.51. The van der Waals surface area contributed by atoms with Gasteiger partial charge in [-0.05, 0) is 49.0 Å². The lowest BCUT2D eigenvalue weighted by molar-refractivity contribution is -0.117. The maximum absolute atomic E-state index is 13.4. The molecule has 1 aromatic carbocycles. The van der Waals surface area contributed by atoms with E-state index in [4.69, 9.17) is 9.31 Å². The zero-order valence-corrected chi connectivity index (χ0v) is 23.9. The minimum Gasteiger partial charge on any atom is -0.404 e. The number of urea groups is 1. The van der Waals surface area contributed by atoms with Crippen LogP contribution in [0.25, 0.3) is 0 Å². The van der Waals surface area contributed by atoms with Gasteiger partial charge in [-0.25, -0.2) is 9.78 Å². The molecule has 9 nitrogen and oxygen atoms in total. The Labute approximate surface area is 232 Å². The first-order valence-electron chi connectivity index (χ1n) is 14.0. The van der Waals surface area contributed by atoms with E-state index in [1.54, 1.807) is 0 Å². The number of nitrogens with zero attached hydrogens (tertiary/aromatic N) is 2. The molecule has 3 N–H and O–H groups in total. The van der Waals surface area contributed by atoms with Gasteiger partial charge in [0.15, 0.2) is 5.82 Å². The summed E-state index contributed by atoms with van der Waals surface area (Å²) in [6, 6.07) is 8.29. The molecule has 210 valence electrons. The van der Waals surface area contributed by atoms with E-state index >= 15 is 0 Å². The number of carbonyl (C=O) groups excluding carboxylic acids is 2. The predicted octanol–water partition coefficient (Wildman–Crippen LogP) is 4.40. The molecule has 39 heavy (non-hydrogen) atoms. The van der Waals surface area contributed by atoms with E-state index < -0.39 is 24.8 Å².